The molecule has 3 aromatic rings. The SMILES string of the molecule is CN(C)C(=O)c1cc2cnc(Nc3ccc(N4C[C@]5(CCCN(C(=O)OC(C)(C)C)CC5)OC4=O)cn3)nc2n1C1CCCC1. The number of rotatable bonds is 5. The number of nitrogens with one attached hydrogen (secondary N) is 1. The lowest BCUT2D eigenvalue weighted by Crippen LogP contribution is -2.39. The highest BCUT2D eigenvalue weighted by atomic mass is 16.6. The number of amides is 3. The van der Waals surface area contributed by atoms with Crippen LogP contribution in [0, 0.1) is 0 Å². The molecule has 1 aliphatic carbocycles. The van der Waals surface area contributed by atoms with Crippen molar-refractivity contribution in [1.29, 1.82) is 0 Å². The molecule has 6 rings (SSSR count). The zero-order valence-electron chi connectivity index (χ0n) is 26.7. The molecule has 13 nitrogen and oxygen atoms in total. The Bertz CT molecular complexity index is 1590. The molecule has 0 unspecified atom stereocenters. The van der Waals surface area contributed by atoms with Gasteiger partial charge in [-0.25, -0.2) is 19.6 Å². The van der Waals surface area contributed by atoms with Crippen LogP contribution >= 0.6 is 0 Å². The van der Waals surface area contributed by atoms with E-state index >= 15 is 0 Å². The molecule has 3 aromatic heterocycles. The summed E-state index contributed by atoms with van der Waals surface area (Å²) in [6.45, 7) is 6.94. The molecule has 13 heteroatoms. The summed E-state index contributed by atoms with van der Waals surface area (Å²) in [7, 11) is 3.51. The molecule has 240 valence electrons. The Hall–Kier alpha value is -4.42. The average Bonchev–Trinajstić information content (AvgIpc) is 3.67. The lowest BCUT2D eigenvalue weighted by Gasteiger charge is -2.27. The number of carbonyl (C=O) groups is 3. The van der Waals surface area contributed by atoms with Crippen LogP contribution in [0.25, 0.3) is 11.0 Å². The topological polar surface area (TPSA) is 135 Å². The van der Waals surface area contributed by atoms with Crippen molar-refractivity contribution in [2.24, 2.45) is 0 Å². The highest BCUT2D eigenvalue weighted by molar-refractivity contribution is 5.98. The van der Waals surface area contributed by atoms with Crippen LogP contribution in [0.5, 0.6) is 0 Å². The van der Waals surface area contributed by atoms with Crippen molar-refractivity contribution in [2.45, 2.75) is 83.0 Å². The van der Waals surface area contributed by atoms with Gasteiger partial charge in [0.05, 0.1) is 18.4 Å². The third-order valence-corrected chi connectivity index (χ3v) is 8.71. The summed E-state index contributed by atoms with van der Waals surface area (Å²) in [4.78, 5) is 57.3. The highest BCUT2D eigenvalue weighted by Gasteiger charge is 2.47. The first-order valence-electron chi connectivity index (χ1n) is 15.7. The van der Waals surface area contributed by atoms with E-state index in [9.17, 15) is 14.4 Å². The monoisotopic (exact) mass is 618 g/mol. The minimum absolute atomic E-state index is 0.0573. The second-order valence-corrected chi connectivity index (χ2v) is 13.5. The second kappa shape index (κ2) is 11.8. The minimum Gasteiger partial charge on any atom is -0.444 e. The number of aromatic nitrogens is 4. The van der Waals surface area contributed by atoms with Gasteiger partial charge in [-0.3, -0.25) is 9.69 Å². The van der Waals surface area contributed by atoms with Gasteiger partial charge in [-0.2, -0.15) is 4.98 Å². The maximum absolute atomic E-state index is 13.0. The van der Waals surface area contributed by atoms with Crippen molar-refractivity contribution >= 4 is 46.6 Å². The molecular formula is C32H42N8O5. The molecule has 0 radical (unpaired) electrons. The zero-order valence-corrected chi connectivity index (χ0v) is 26.7. The van der Waals surface area contributed by atoms with Crippen molar-refractivity contribution in [3.05, 3.63) is 36.3 Å². The molecule has 45 heavy (non-hydrogen) atoms. The van der Waals surface area contributed by atoms with E-state index in [2.05, 4.69) is 19.9 Å². The van der Waals surface area contributed by atoms with Gasteiger partial charge in [-0.15, -0.1) is 0 Å². The van der Waals surface area contributed by atoms with E-state index in [0.29, 0.717) is 62.0 Å². The van der Waals surface area contributed by atoms with Crippen LogP contribution in [0.2, 0.25) is 0 Å². The van der Waals surface area contributed by atoms with Crippen LogP contribution in [0.15, 0.2) is 30.6 Å². The fourth-order valence-corrected chi connectivity index (χ4v) is 6.49. The summed E-state index contributed by atoms with van der Waals surface area (Å²) in [6, 6.07) is 5.68. The van der Waals surface area contributed by atoms with Crippen LogP contribution in [0.3, 0.4) is 0 Å². The molecule has 2 saturated heterocycles. The van der Waals surface area contributed by atoms with Gasteiger partial charge in [0.25, 0.3) is 5.91 Å². The van der Waals surface area contributed by atoms with Gasteiger partial charge in [-0.1, -0.05) is 12.8 Å². The summed E-state index contributed by atoms with van der Waals surface area (Å²) in [5.74, 6) is 0.834. The van der Waals surface area contributed by atoms with E-state index in [1.807, 2.05) is 32.9 Å². The zero-order chi connectivity index (χ0) is 31.9. The van der Waals surface area contributed by atoms with Crippen LogP contribution in [0.4, 0.5) is 27.0 Å². The number of hydrogen-bond acceptors (Lipinski definition) is 9. The van der Waals surface area contributed by atoms with Gasteiger partial charge < -0.3 is 29.2 Å². The fraction of sp³-hybridized carbons (Fsp3) is 0.562. The van der Waals surface area contributed by atoms with Gasteiger partial charge in [0.15, 0.2) is 0 Å². The summed E-state index contributed by atoms with van der Waals surface area (Å²) in [6.07, 6.45) is 8.76. The number of fused-ring (bicyclic) bond motifs is 1. The largest absolute Gasteiger partial charge is 0.444 e. The number of pyridine rings is 1. The average molecular weight is 619 g/mol. The maximum atomic E-state index is 13.0. The first-order valence-corrected chi connectivity index (χ1v) is 15.7. The maximum Gasteiger partial charge on any atom is 0.415 e. The highest BCUT2D eigenvalue weighted by Crippen LogP contribution is 2.37. The first-order chi connectivity index (χ1) is 21.4. The molecule has 1 saturated carbocycles. The van der Waals surface area contributed by atoms with E-state index in [4.69, 9.17) is 14.5 Å². The number of hydrogen-bond donors (Lipinski definition) is 1. The number of likely N-dealkylation sites (tertiary alicyclic amines) is 1. The first kappa shape index (κ1) is 30.6. The predicted octanol–water partition coefficient (Wildman–Crippen LogP) is 5.50. The van der Waals surface area contributed by atoms with Crippen molar-refractivity contribution in [2.75, 3.05) is 43.9 Å². The fourth-order valence-electron chi connectivity index (χ4n) is 6.49. The Balaban J connectivity index is 1.15. The van der Waals surface area contributed by atoms with Gasteiger partial charge >= 0.3 is 12.2 Å². The summed E-state index contributed by atoms with van der Waals surface area (Å²) in [5, 5.41) is 3.99. The Morgan fingerprint density at radius 1 is 1.07 bits per heavy atom. The summed E-state index contributed by atoms with van der Waals surface area (Å²) >= 11 is 0. The molecule has 3 aliphatic rings. The lowest BCUT2D eigenvalue weighted by atomic mass is 9.95. The third kappa shape index (κ3) is 6.38. The van der Waals surface area contributed by atoms with E-state index < -0.39 is 17.3 Å². The Kier molecular flexibility index (Phi) is 8.04. The Morgan fingerprint density at radius 2 is 1.84 bits per heavy atom. The second-order valence-electron chi connectivity index (χ2n) is 13.5. The van der Waals surface area contributed by atoms with Crippen molar-refractivity contribution in [1.82, 2.24) is 29.3 Å². The van der Waals surface area contributed by atoms with Gasteiger partial charge in [0.2, 0.25) is 5.95 Å². The molecular weight excluding hydrogens is 576 g/mol. The summed E-state index contributed by atoms with van der Waals surface area (Å²) in [5.41, 5.74) is 0.724. The van der Waals surface area contributed by atoms with Crippen LogP contribution in [-0.2, 0) is 9.47 Å². The molecule has 3 amide bonds. The molecule has 3 fully saturated rings. The standard InChI is InChI=1S/C32H42N8O5/c1-31(2,3)44-29(42)38-15-8-13-32(14-16-38)20-39(30(43)45-32)23-11-12-25(33-19-23)35-28-34-18-21-17-24(27(41)37(4)5)40(26(21)36-28)22-9-6-7-10-22/h11-12,17-19,22H,6-10,13-16,20H2,1-5H3,(H,33,34,35,36)/t32-/m1/s1. The van der Waals surface area contributed by atoms with Crippen LogP contribution in [0.1, 0.15) is 82.2 Å². The molecule has 1 spiro atoms. The molecule has 1 atom stereocenters. The number of nitrogens with zero attached hydrogens (tertiary/aromatic N) is 7. The number of ether oxygens (including phenoxy) is 2. The van der Waals surface area contributed by atoms with E-state index in [0.717, 1.165) is 36.7 Å². The smallest absolute Gasteiger partial charge is 0.415 e. The predicted molar refractivity (Wildman–Crippen MR) is 169 cm³/mol. The molecule has 1 N–H and O–H groups in total. The Labute approximate surface area is 262 Å². The van der Waals surface area contributed by atoms with Gasteiger partial charge in [-0.05, 0) is 64.7 Å². The van der Waals surface area contributed by atoms with Crippen molar-refractivity contribution in [3.8, 4) is 0 Å². The van der Waals surface area contributed by atoms with Crippen LogP contribution < -0.4 is 10.2 Å². The molecule has 0 bridgehead atoms. The van der Waals surface area contributed by atoms with E-state index in [-0.39, 0.29) is 18.0 Å². The quantitative estimate of drug-likeness (QED) is 0.393. The summed E-state index contributed by atoms with van der Waals surface area (Å²) < 4.78 is 13.6. The van der Waals surface area contributed by atoms with E-state index in [1.54, 1.807) is 47.3 Å². The van der Waals surface area contributed by atoms with Gasteiger partial charge in [0.1, 0.15) is 28.4 Å². The minimum atomic E-state index is -0.672. The lowest BCUT2D eigenvalue weighted by molar-refractivity contribution is 0.0217. The molecule has 5 heterocycles. The molecule has 0 aromatic carbocycles. The third-order valence-electron chi connectivity index (χ3n) is 8.71. The van der Waals surface area contributed by atoms with Crippen molar-refractivity contribution in [3.63, 3.8) is 0 Å². The molecule has 2 aliphatic heterocycles. The Morgan fingerprint density at radius 3 is 2.53 bits per heavy atom. The number of carbonyl (C=O) groups excluding carboxylic acids is 3. The van der Waals surface area contributed by atoms with Crippen molar-refractivity contribution < 1.29 is 23.9 Å². The van der Waals surface area contributed by atoms with Crippen LogP contribution in [-0.4, -0.2) is 92.3 Å². The number of anilines is 3. The normalized spacial score (nSPS) is 20.9. The van der Waals surface area contributed by atoms with E-state index in [1.165, 1.54) is 0 Å². The van der Waals surface area contributed by atoms with Gasteiger partial charge in [0, 0.05) is 51.2 Å².